The van der Waals surface area contributed by atoms with Gasteiger partial charge < -0.3 is 20.1 Å². The highest BCUT2D eigenvalue weighted by Gasteiger charge is 2.15. The van der Waals surface area contributed by atoms with Crippen molar-refractivity contribution >= 4 is 5.91 Å². The molecule has 1 aromatic rings. The molecule has 0 aromatic heterocycles. The lowest BCUT2D eigenvalue weighted by Crippen LogP contribution is -2.45. The Morgan fingerprint density at radius 1 is 1.40 bits per heavy atom. The molecular weight excluding hydrogens is 256 g/mol. The molecule has 5 heteroatoms. The summed E-state index contributed by atoms with van der Waals surface area (Å²) in [4.78, 5) is 11.8. The standard InChI is InChI=1S/C15H22N2O3/c1-19-13-6-2-3-7-14(13)20-10-8-15(18)17-12-5-4-9-16-11-12/h2-3,6-7,12,16H,4-5,8-11H2,1H3,(H,17,18)/t12-/m0/s1. The number of nitrogens with one attached hydrogen (secondary N) is 2. The van der Waals surface area contributed by atoms with Crippen molar-refractivity contribution < 1.29 is 14.3 Å². The molecular formula is C15H22N2O3. The molecule has 2 N–H and O–H groups in total. The number of carbonyl (C=O) groups is 1. The van der Waals surface area contributed by atoms with E-state index >= 15 is 0 Å². The summed E-state index contributed by atoms with van der Waals surface area (Å²) in [5.41, 5.74) is 0. The average molecular weight is 278 g/mol. The highest BCUT2D eigenvalue weighted by atomic mass is 16.5. The first kappa shape index (κ1) is 14.7. The quantitative estimate of drug-likeness (QED) is 0.824. The van der Waals surface area contributed by atoms with E-state index in [-0.39, 0.29) is 11.9 Å². The third kappa shape index (κ3) is 4.42. The Kier molecular flexibility index (Phi) is 5.68. The van der Waals surface area contributed by atoms with Crippen molar-refractivity contribution in [2.24, 2.45) is 0 Å². The van der Waals surface area contributed by atoms with E-state index in [9.17, 15) is 4.79 Å². The van der Waals surface area contributed by atoms with E-state index < -0.39 is 0 Å². The second-order valence-electron chi connectivity index (χ2n) is 4.86. The van der Waals surface area contributed by atoms with E-state index in [0.29, 0.717) is 24.5 Å². The summed E-state index contributed by atoms with van der Waals surface area (Å²) in [7, 11) is 1.60. The maximum absolute atomic E-state index is 11.8. The van der Waals surface area contributed by atoms with Gasteiger partial charge in [-0.2, -0.15) is 0 Å². The predicted molar refractivity (Wildman–Crippen MR) is 77.1 cm³/mol. The highest BCUT2D eigenvalue weighted by Crippen LogP contribution is 2.25. The van der Waals surface area contributed by atoms with E-state index in [0.717, 1.165) is 25.9 Å². The van der Waals surface area contributed by atoms with Crippen molar-refractivity contribution in [3.63, 3.8) is 0 Å². The van der Waals surface area contributed by atoms with Gasteiger partial charge in [0, 0.05) is 12.6 Å². The number of para-hydroxylation sites is 2. The Labute approximate surface area is 119 Å². The van der Waals surface area contributed by atoms with E-state index in [1.54, 1.807) is 7.11 Å². The van der Waals surface area contributed by atoms with E-state index in [2.05, 4.69) is 10.6 Å². The van der Waals surface area contributed by atoms with Crippen LogP contribution in [0.15, 0.2) is 24.3 Å². The van der Waals surface area contributed by atoms with Crippen LogP contribution in [-0.2, 0) is 4.79 Å². The Morgan fingerprint density at radius 3 is 2.90 bits per heavy atom. The zero-order valence-electron chi connectivity index (χ0n) is 11.9. The molecule has 1 heterocycles. The second-order valence-corrected chi connectivity index (χ2v) is 4.86. The summed E-state index contributed by atoms with van der Waals surface area (Å²) in [5, 5.41) is 6.30. The van der Waals surface area contributed by atoms with Gasteiger partial charge in [-0.3, -0.25) is 4.79 Å². The fourth-order valence-corrected chi connectivity index (χ4v) is 2.27. The van der Waals surface area contributed by atoms with Crippen LogP contribution in [0.1, 0.15) is 19.3 Å². The molecule has 1 atom stereocenters. The summed E-state index contributed by atoms with van der Waals surface area (Å²) < 4.78 is 10.8. The van der Waals surface area contributed by atoms with Crippen LogP contribution in [0.5, 0.6) is 11.5 Å². The molecule has 5 nitrogen and oxygen atoms in total. The molecule has 0 radical (unpaired) electrons. The van der Waals surface area contributed by atoms with Crippen LogP contribution in [0.25, 0.3) is 0 Å². The van der Waals surface area contributed by atoms with Crippen LogP contribution in [0.2, 0.25) is 0 Å². The lowest BCUT2D eigenvalue weighted by atomic mass is 10.1. The van der Waals surface area contributed by atoms with Crippen LogP contribution in [0.4, 0.5) is 0 Å². The average Bonchev–Trinajstić information content (AvgIpc) is 2.49. The Balaban J connectivity index is 1.70. The number of carbonyl (C=O) groups excluding carboxylic acids is 1. The van der Waals surface area contributed by atoms with Crippen molar-refractivity contribution in [2.75, 3.05) is 26.8 Å². The molecule has 0 aliphatic carbocycles. The maximum atomic E-state index is 11.8. The number of methoxy groups -OCH3 is 1. The Morgan fingerprint density at radius 2 is 2.20 bits per heavy atom. The summed E-state index contributed by atoms with van der Waals surface area (Å²) in [6.45, 7) is 2.26. The van der Waals surface area contributed by atoms with E-state index in [4.69, 9.17) is 9.47 Å². The fraction of sp³-hybridized carbons (Fsp3) is 0.533. The van der Waals surface area contributed by atoms with Crippen molar-refractivity contribution in [1.82, 2.24) is 10.6 Å². The van der Waals surface area contributed by atoms with Gasteiger partial charge in [-0.05, 0) is 31.5 Å². The minimum absolute atomic E-state index is 0.0357. The minimum atomic E-state index is 0.0357. The van der Waals surface area contributed by atoms with Crippen molar-refractivity contribution in [3.8, 4) is 11.5 Å². The van der Waals surface area contributed by atoms with Gasteiger partial charge in [0.15, 0.2) is 11.5 Å². The first-order valence-electron chi connectivity index (χ1n) is 7.05. The van der Waals surface area contributed by atoms with Gasteiger partial charge in [0.2, 0.25) is 5.91 Å². The van der Waals surface area contributed by atoms with Gasteiger partial charge in [-0.15, -0.1) is 0 Å². The number of rotatable bonds is 6. The van der Waals surface area contributed by atoms with E-state index in [1.807, 2.05) is 24.3 Å². The SMILES string of the molecule is COc1ccccc1OCCC(=O)N[C@H]1CCCNC1. The van der Waals surface area contributed by atoms with Crippen molar-refractivity contribution in [1.29, 1.82) is 0 Å². The highest BCUT2D eigenvalue weighted by molar-refractivity contribution is 5.76. The smallest absolute Gasteiger partial charge is 0.223 e. The molecule has 1 aromatic carbocycles. The van der Waals surface area contributed by atoms with Gasteiger partial charge in [-0.25, -0.2) is 0 Å². The second kappa shape index (κ2) is 7.75. The molecule has 2 rings (SSSR count). The zero-order valence-corrected chi connectivity index (χ0v) is 11.9. The molecule has 1 amide bonds. The van der Waals surface area contributed by atoms with Crippen LogP contribution < -0.4 is 20.1 Å². The third-order valence-electron chi connectivity index (χ3n) is 3.32. The maximum Gasteiger partial charge on any atom is 0.223 e. The molecule has 0 saturated carbocycles. The number of benzene rings is 1. The Hall–Kier alpha value is -1.75. The van der Waals surface area contributed by atoms with E-state index in [1.165, 1.54) is 0 Å². The molecule has 0 bridgehead atoms. The van der Waals surface area contributed by atoms with Crippen LogP contribution in [-0.4, -0.2) is 38.8 Å². The molecule has 1 aliphatic rings. The lowest BCUT2D eigenvalue weighted by Gasteiger charge is -2.23. The topological polar surface area (TPSA) is 59.6 Å². The normalized spacial score (nSPS) is 18.4. The zero-order chi connectivity index (χ0) is 14.2. The number of amides is 1. The van der Waals surface area contributed by atoms with Crippen LogP contribution >= 0.6 is 0 Å². The number of hydrogen-bond acceptors (Lipinski definition) is 4. The number of ether oxygens (including phenoxy) is 2. The largest absolute Gasteiger partial charge is 0.493 e. The monoisotopic (exact) mass is 278 g/mol. The molecule has 1 fully saturated rings. The molecule has 1 saturated heterocycles. The summed E-state index contributed by atoms with van der Waals surface area (Å²) in [6.07, 6.45) is 2.52. The molecule has 0 spiro atoms. The summed E-state index contributed by atoms with van der Waals surface area (Å²) >= 11 is 0. The first-order valence-corrected chi connectivity index (χ1v) is 7.05. The fourth-order valence-electron chi connectivity index (χ4n) is 2.27. The number of piperidine rings is 1. The van der Waals surface area contributed by atoms with Gasteiger partial charge in [0.1, 0.15) is 0 Å². The lowest BCUT2D eigenvalue weighted by molar-refractivity contribution is -0.122. The van der Waals surface area contributed by atoms with Crippen molar-refractivity contribution in [2.45, 2.75) is 25.3 Å². The van der Waals surface area contributed by atoms with Gasteiger partial charge in [0.05, 0.1) is 20.1 Å². The van der Waals surface area contributed by atoms with Crippen LogP contribution in [0.3, 0.4) is 0 Å². The third-order valence-corrected chi connectivity index (χ3v) is 3.32. The van der Waals surface area contributed by atoms with Crippen molar-refractivity contribution in [3.05, 3.63) is 24.3 Å². The van der Waals surface area contributed by atoms with Crippen LogP contribution in [0, 0.1) is 0 Å². The summed E-state index contributed by atoms with van der Waals surface area (Å²) in [5.74, 6) is 1.39. The predicted octanol–water partition coefficient (Wildman–Crippen LogP) is 1.33. The minimum Gasteiger partial charge on any atom is -0.493 e. The molecule has 20 heavy (non-hydrogen) atoms. The molecule has 1 aliphatic heterocycles. The van der Waals surface area contributed by atoms with Gasteiger partial charge in [-0.1, -0.05) is 12.1 Å². The van der Waals surface area contributed by atoms with Gasteiger partial charge >= 0.3 is 0 Å². The van der Waals surface area contributed by atoms with Gasteiger partial charge in [0.25, 0.3) is 0 Å². The molecule has 0 unspecified atom stereocenters. The molecule has 110 valence electrons. The first-order chi connectivity index (χ1) is 9.79. The summed E-state index contributed by atoms with van der Waals surface area (Å²) in [6, 6.07) is 7.69. The Bertz CT molecular complexity index is 431. The number of hydrogen-bond donors (Lipinski definition) is 2.